The molecule has 4 nitrogen and oxygen atoms in total. The Morgan fingerprint density at radius 1 is 1.26 bits per heavy atom. The molecule has 1 rings (SSSR count). The molecule has 0 unspecified atom stereocenters. The fourth-order valence-corrected chi connectivity index (χ4v) is 1.16. The van der Waals surface area contributed by atoms with E-state index in [2.05, 4.69) is 9.47 Å². The van der Waals surface area contributed by atoms with E-state index in [0.717, 1.165) is 6.07 Å². The van der Waals surface area contributed by atoms with Gasteiger partial charge in [0, 0.05) is 5.56 Å². The fourth-order valence-electron chi connectivity index (χ4n) is 1.16. The van der Waals surface area contributed by atoms with Gasteiger partial charge in [0.15, 0.2) is 11.6 Å². The average Bonchev–Trinajstić information content (AvgIpc) is 2.29. The molecule has 0 fully saturated rings. The molecule has 0 saturated carbocycles. The summed E-state index contributed by atoms with van der Waals surface area (Å²) in [6.45, 7) is 1.41. The largest absolute Gasteiger partial charge is 0.573 e. The van der Waals surface area contributed by atoms with Crippen LogP contribution in [0.2, 0.25) is 0 Å². The van der Waals surface area contributed by atoms with Crippen LogP contribution in [0.5, 0.6) is 5.75 Å². The maximum atomic E-state index is 13.3. The van der Waals surface area contributed by atoms with Gasteiger partial charge in [-0.3, -0.25) is 4.79 Å². The number of carbonyl (C=O) groups excluding carboxylic acids is 2. The molecule has 0 heterocycles. The van der Waals surface area contributed by atoms with E-state index in [0.29, 0.717) is 12.1 Å². The van der Waals surface area contributed by atoms with Gasteiger partial charge in [0.05, 0.1) is 6.61 Å². The van der Waals surface area contributed by atoms with Crippen molar-refractivity contribution >= 4 is 11.8 Å². The number of alkyl halides is 3. The van der Waals surface area contributed by atoms with Gasteiger partial charge in [-0.25, -0.2) is 9.18 Å². The molecule has 0 spiro atoms. The van der Waals surface area contributed by atoms with E-state index < -0.39 is 35.2 Å². The van der Waals surface area contributed by atoms with Crippen LogP contribution in [0, 0.1) is 5.82 Å². The molecule has 104 valence electrons. The van der Waals surface area contributed by atoms with E-state index in [4.69, 9.17) is 0 Å². The summed E-state index contributed by atoms with van der Waals surface area (Å²) in [4.78, 5) is 22.4. The third kappa shape index (κ3) is 4.23. The molecule has 0 amide bonds. The second-order valence-electron chi connectivity index (χ2n) is 3.24. The molecule has 8 heteroatoms. The third-order valence-corrected chi connectivity index (χ3v) is 1.88. The van der Waals surface area contributed by atoms with Gasteiger partial charge >= 0.3 is 12.3 Å². The molecular formula is C11H8F4O4. The lowest BCUT2D eigenvalue weighted by Crippen LogP contribution is -2.19. The van der Waals surface area contributed by atoms with Crippen molar-refractivity contribution in [2.45, 2.75) is 13.3 Å². The maximum Gasteiger partial charge on any atom is 0.573 e. The molecule has 0 saturated heterocycles. The first-order chi connectivity index (χ1) is 8.74. The number of Topliss-reactive ketones (excluding diaryl/α,β-unsaturated/α-hetero) is 1. The van der Waals surface area contributed by atoms with Gasteiger partial charge in [-0.1, -0.05) is 0 Å². The number of hydrogen-bond acceptors (Lipinski definition) is 4. The molecule has 0 aliphatic carbocycles. The minimum absolute atomic E-state index is 0.0533. The van der Waals surface area contributed by atoms with Gasteiger partial charge in [-0.05, 0) is 25.1 Å². The first-order valence-electron chi connectivity index (χ1n) is 5.01. The van der Waals surface area contributed by atoms with Crippen molar-refractivity contribution in [3.05, 3.63) is 29.6 Å². The standard InChI is InChI=1S/C11H8F4O4/c1-2-18-10(17)9(16)6-3-4-8(7(12)5-6)19-11(13,14)15/h3-5H,2H2,1H3. The van der Waals surface area contributed by atoms with E-state index in [1.807, 2.05) is 0 Å². The number of rotatable bonds is 4. The SMILES string of the molecule is CCOC(=O)C(=O)c1ccc(OC(F)(F)F)c(F)c1. The van der Waals surface area contributed by atoms with Gasteiger partial charge in [-0.15, -0.1) is 13.2 Å². The Hall–Kier alpha value is -2.12. The van der Waals surface area contributed by atoms with Crippen molar-refractivity contribution < 1.29 is 36.6 Å². The number of halogens is 4. The van der Waals surface area contributed by atoms with Crippen LogP contribution in [0.3, 0.4) is 0 Å². The summed E-state index contributed by atoms with van der Waals surface area (Å²) in [5.74, 6) is -4.87. The first-order valence-corrected chi connectivity index (χ1v) is 5.01. The van der Waals surface area contributed by atoms with E-state index in [-0.39, 0.29) is 6.61 Å². The molecule has 0 aliphatic heterocycles. The lowest BCUT2D eigenvalue weighted by atomic mass is 10.1. The Labute approximate surface area is 104 Å². The Kier molecular flexibility index (Phi) is 4.47. The zero-order valence-corrected chi connectivity index (χ0v) is 9.58. The smallest absolute Gasteiger partial charge is 0.460 e. The second-order valence-corrected chi connectivity index (χ2v) is 3.24. The molecule has 19 heavy (non-hydrogen) atoms. The van der Waals surface area contributed by atoms with Crippen LogP contribution in [0.4, 0.5) is 17.6 Å². The van der Waals surface area contributed by atoms with Crippen LogP contribution in [0.15, 0.2) is 18.2 Å². The molecule has 0 radical (unpaired) electrons. The van der Waals surface area contributed by atoms with Crippen molar-refractivity contribution in [3.63, 3.8) is 0 Å². The number of ether oxygens (including phenoxy) is 2. The maximum absolute atomic E-state index is 13.3. The molecule has 1 aromatic rings. The van der Waals surface area contributed by atoms with Crippen LogP contribution in [0.1, 0.15) is 17.3 Å². The Bertz CT molecular complexity index is 496. The Balaban J connectivity index is 2.94. The van der Waals surface area contributed by atoms with Crippen LogP contribution in [0.25, 0.3) is 0 Å². The van der Waals surface area contributed by atoms with Crippen molar-refractivity contribution in [2.24, 2.45) is 0 Å². The van der Waals surface area contributed by atoms with Gasteiger partial charge in [0.1, 0.15) is 0 Å². The molecular weight excluding hydrogens is 272 g/mol. The van der Waals surface area contributed by atoms with E-state index in [9.17, 15) is 27.2 Å². The number of hydrogen-bond donors (Lipinski definition) is 0. The number of benzene rings is 1. The fraction of sp³-hybridized carbons (Fsp3) is 0.273. The van der Waals surface area contributed by atoms with Gasteiger partial charge in [0.2, 0.25) is 0 Å². The highest BCUT2D eigenvalue weighted by Gasteiger charge is 2.32. The van der Waals surface area contributed by atoms with Gasteiger partial charge in [-0.2, -0.15) is 0 Å². The summed E-state index contributed by atoms with van der Waals surface area (Å²) in [6.07, 6.45) is -5.05. The molecule has 0 atom stereocenters. The summed E-state index contributed by atoms with van der Waals surface area (Å²) in [7, 11) is 0. The first kappa shape index (κ1) is 14.9. The number of esters is 1. The van der Waals surface area contributed by atoms with Crippen molar-refractivity contribution in [1.82, 2.24) is 0 Å². The molecule has 0 N–H and O–H groups in total. The minimum Gasteiger partial charge on any atom is -0.460 e. The number of ketones is 1. The Morgan fingerprint density at radius 3 is 2.37 bits per heavy atom. The van der Waals surface area contributed by atoms with Crippen molar-refractivity contribution in [3.8, 4) is 5.75 Å². The lowest BCUT2D eigenvalue weighted by Gasteiger charge is -2.10. The zero-order valence-electron chi connectivity index (χ0n) is 9.58. The van der Waals surface area contributed by atoms with Crippen LogP contribution in [-0.2, 0) is 9.53 Å². The highest BCUT2D eigenvalue weighted by atomic mass is 19.4. The average molecular weight is 280 g/mol. The monoisotopic (exact) mass is 280 g/mol. The summed E-state index contributed by atoms with van der Waals surface area (Å²) in [5, 5.41) is 0. The van der Waals surface area contributed by atoms with Crippen LogP contribution >= 0.6 is 0 Å². The zero-order chi connectivity index (χ0) is 14.6. The third-order valence-electron chi connectivity index (χ3n) is 1.88. The summed E-state index contributed by atoms with van der Waals surface area (Å²) in [6, 6.07) is 1.92. The molecule has 0 aromatic heterocycles. The van der Waals surface area contributed by atoms with E-state index >= 15 is 0 Å². The van der Waals surface area contributed by atoms with E-state index in [1.165, 1.54) is 6.92 Å². The number of carbonyl (C=O) groups is 2. The van der Waals surface area contributed by atoms with Crippen molar-refractivity contribution in [2.75, 3.05) is 6.61 Å². The molecule has 0 bridgehead atoms. The predicted molar refractivity (Wildman–Crippen MR) is 54.0 cm³/mol. The predicted octanol–water partition coefficient (Wildman–Crippen LogP) is 2.47. The quantitative estimate of drug-likeness (QED) is 0.368. The van der Waals surface area contributed by atoms with Crippen LogP contribution < -0.4 is 4.74 Å². The van der Waals surface area contributed by atoms with E-state index in [1.54, 1.807) is 0 Å². The van der Waals surface area contributed by atoms with Gasteiger partial charge in [0.25, 0.3) is 5.78 Å². The second kappa shape index (κ2) is 5.68. The normalized spacial score (nSPS) is 11.0. The summed E-state index contributed by atoms with van der Waals surface area (Å²) < 4.78 is 56.7. The minimum atomic E-state index is -5.05. The Morgan fingerprint density at radius 2 is 1.89 bits per heavy atom. The lowest BCUT2D eigenvalue weighted by molar-refractivity contribution is -0.275. The van der Waals surface area contributed by atoms with Crippen molar-refractivity contribution in [1.29, 1.82) is 0 Å². The van der Waals surface area contributed by atoms with Gasteiger partial charge < -0.3 is 9.47 Å². The highest BCUT2D eigenvalue weighted by Crippen LogP contribution is 2.26. The molecule has 0 aliphatic rings. The highest BCUT2D eigenvalue weighted by molar-refractivity contribution is 6.40. The summed E-state index contributed by atoms with van der Waals surface area (Å²) in [5.41, 5.74) is -0.425. The topological polar surface area (TPSA) is 52.6 Å². The summed E-state index contributed by atoms with van der Waals surface area (Å²) >= 11 is 0. The molecule has 1 aromatic carbocycles. The van der Waals surface area contributed by atoms with Crippen LogP contribution in [-0.4, -0.2) is 24.7 Å².